The molecule has 1 aliphatic heterocycles. The van der Waals surface area contributed by atoms with Crippen molar-refractivity contribution in [2.24, 2.45) is 0 Å². The minimum atomic E-state index is 0.226. The molecule has 4 nitrogen and oxygen atoms in total. The van der Waals surface area contributed by atoms with Crippen molar-refractivity contribution in [3.8, 4) is 28.4 Å². The van der Waals surface area contributed by atoms with Crippen LogP contribution in [-0.2, 0) is 12.8 Å². The minimum absolute atomic E-state index is 0.226. The van der Waals surface area contributed by atoms with Crippen LogP contribution in [0.25, 0.3) is 11.1 Å². The standard InChI is InChI=1S/C18H19NO3/c1-21-12-4-3-10-7-14-16-11(5-6-19-14)8-15(22-2)18(20)17(16)13(10)9-12/h3-4,8-9,14,19-20H,5-7H2,1-2H3/t14-/m1/s1. The van der Waals surface area contributed by atoms with Crippen LogP contribution < -0.4 is 14.8 Å². The Morgan fingerprint density at radius 2 is 2.00 bits per heavy atom. The van der Waals surface area contributed by atoms with Crippen molar-refractivity contribution in [1.82, 2.24) is 5.32 Å². The molecule has 0 saturated carbocycles. The van der Waals surface area contributed by atoms with Crippen LogP contribution in [0, 0.1) is 0 Å². The van der Waals surface area contributed by atoms with Gasteiger partial charge in [-0.1, -0.05) is 6.07 Å². The Hall–Kier alpha value is -2.20. The Morgan fingerprint density at radius 3 is 2.77 bits per heavy atom. The molecule has 2 aromatic rings. The lowest BCUT2D eigenvalue weighted by atomic mass is 9.77. The summed E-state index contributed by atoms with van der Waals surface area (Å²) >= 11 is 0. The number of ether oxygens (including phenoxy) is 2. The third-order valence-electron chi connectivity index (χ3n) is 4.75. The second-order valence-corrected chi connectivity index (χ2v) is 5.86. The highest BCUT2D eigenvalue weighted by atomic mass is 16.5. The minimum Gasteiger partial charge on any atom is -0.504 e. The van der Waals surface area contributed by atoms with Gasteiger partial charge in [-0.3, -0.25) is 0 Å². The fourth-order valence-corrected chi connectivity index (χ4v) is 3.72. The normalized spacial score (nSPS) is 18.4. The van der Waals surface area contributed by atoms with Gasteiger partial charge >= 0.3 is 0 Å². The van der Waals surface area contributed by atoms with E-state index < -0.39 is 0 Å². The second kappa shape index (κ2) is 4.92. The lowest BCUT2D eigenvalue weighted by Crippen LogP contribution is -2.33. The van der Waals surface area contributed by atoms with E-state index in [4.69, 9.17) is 9.47 Å². The zero-order valence-electron chi connectivity index (χ0n) is 12.8. The number of hydrogen-bond acceptors (Lipinski definition) is 4. The zero-order valence-corrected chi connectivity index (χ0v) is 12.8. The summed E-state index contributed by atoms with van der Waals surface area (Å²) in [6.07, 6.45) is 1.89. The van der Waals surface area contributed by atoms with Crippen molar-refractivity contribution in [1.29, 1.82) is 0 Å². The van der Waals surface area contributed by atoms with Gasteiger partial charge in [0.2, 0.25) is 0 Å². The lowest BCUT2D eigenvalue weighted by molar-refractivity contribution is 0.370. The van der Waals surface area contributed by atoms with Crippen molar-refractivity contribution in [3.05, 3.63) is 41.0 Å². The molecule has 0 aromatic heterocycles. The number of aromatic hydroxyl groups is 1. The van der Waals surface area contributed by atoms with E-state index in [0.717, 1.165) is 36.3 Å². The first-order valence-corrected chi connectivity index (χ1v) is 7.56. The van der Waals surface area contributed by atoms with Crippen LogP contribution in [-0.4, -0.2) is 25.9 Å². The molecule has 114 valence electrons. The summed E-state index contributed by atoms with van der Waals surface area (Å²) in [5.74, 6) is 1.58. The predicted molar refractivity (Wildman–Crippen MR) is 84.8 cm³/mol. The van der Waals surface area contributed by atoms with Crippen molar-refractivity contribution in [2.45, 2.75) is 18.9 Å². The molecular weight excluding hydrogens is 278 g/mol. The fourth-order valence-electron chi connectivity index (χ4n) is 3.72. The number of benzene rings is 2. The van der Waals surface area contributed by atoms with Gasteiger partial charge in [-0.25, -0.2) is 0 Å². The average molecular weight is 297 g/mol. The van der Waals surface area contributed by atoms with Gasteiger partial charge in [0.1, 0.15) is 5.75 Å². The monoisotopic (exact) mass is 297 g/mol. The summed E-state index contributed by atoms with van der Waals surface area (Å²) in [5, 5.41) is 14.3. The van der Waals surface area contributed by atoms with Gasteiger partial charge in [0.15, 0.2) is 11.5 Å². The fraction of sp³-hybridized carbons (Fsp3) is 0.333. The van der Waals surface area contributed by atoms with E-state index in [1.807, 2.05) is 18.2 Å². The molecule has 22 heavy (non-hydrogen) atoms. The van der Waals surface area contributed by atoms with Crippen LogP contribution in [0.2, 0.25) is 0 Å². The van der Waals surface area contributed by atoms with Crippen LogP contribution in [0.5, 0.6) is 17.2 Å². The number of phenols is 1. The SMILES string of the molecule is COc1ccc2c(c1)-c1c(O)c(OC)cc3c1[C@@H](C2)NCC3. The van der Waals surface area contributed by atoms with Gasteiger partial charge in [-0.2, -0.15) is 0 Å². The Labute approximate surface area is 129 Å². The number of methoxy groups -OCH3 is 2. The first-order valence-electron chi connectivity index (χ1n) is 7.56. The van der Waals surface area contributed by atoms with Crippen LogP contribution in [0.1, 0.15) is 22.7 Å². The molecule has 0 radical (unpaired) electrons. The first-order chi connectivity index (χ1) is 10.7. The van der Waals surface area contributed by atoms with Gasteiger partial charge in [-0.05, 0) is 59.8 Å². The number of hydrogen-bond donors (Lipinski definition) is 2. The van der Waals surface area contributed by atoms with E-state index >= 15 is 0 Å². The molecule has 0 saturated heterocycles. The Bertz CT molecular complexity index is 754. The maximum absolute atomic E-state index is 10.7. The molecule has 0 spiro atoms. The van der Waals surface area contributed by atoms with Gasteiger partial charge in [-0.15, -0.1) is 0 Å². The van der Waals surface area contributed by atoms with Gasteiger partial charge < -0.3 is 19.9 Å². The number of nitrogens with one attached hydrogen (secondary N) is 1. The van der Waals surface area contributed by atoms with E-state index in [2.05, 4.69) is 11.4 Å². The molecule has 4 heteroatoms. The summed E-state index contributed by atoms with van der Waals surface area (Å²) in [6, 6.07) is 8.32. The molecular formula is C18H19NO3. The van der Waals surface area contributed by atoms with Crippen molar-refractivity contribution in [3.63, 3.8) is 0 Å². The van der Waals surface area contributed by atoms with Gasteiger partial charge in [0.25, 0.3) is 0 Å². The number of rotatable bonds is 2. The number of fused-ring (bicyclic) bond motifs is 2. The number of phenolic OH excluding ortho intramolecular Hbond substituents is 1. The van der Waals surface area contributed by atoms with Crippen LogP contribution >= 0.6 is 0 Å². The summed E-state index contributed by atoms with van der Waals surface area (Å²) in [4.78, 5) is 0. The highest BCUT2D eigenvalue weighted by Gasteiger charge is 2.33. The summed E-state index contributed by atoms with van der Waals surface area (Å²) in [6.45, 7) is 0.955. The molecule has 1 aliphatic carbocycles. The largest absolute Gasteiger partial charge is 0.504 e. The van der Waals surface area contributed by atoms with E-state index in [0.29, 0.717) is 5.75 Å². The summed E-state index contributed by atoms with van der Waals surface area (Å²) in [7, 11) is 3.26. The predicted octanol–water partition coefficient (Wildman–Crippen LogP) is 2.82. The molecule has 1 heterocycles. The van der Waals surface area contributed by atoms with Gasteiger partial charge in [0, 0.05) is 11.6 Å². The van der Waals surface area contributed by atoms with E-state index in [9.17, 15) is 5.11 Å². The lowest BCUT2D eigenvalue weighted by Gasteiger charge is -2.35. The second-order valence-electron chi connectivity index (χ2n) is 5.86. The maximum Gasteiger partial charge on any atom is 0.166 e. The molecule has 4 rings (SSSR count). The van der Waals surface area contributed by atoms with Crippen molar-refractivity contribution in [2.75, 3.05) is 20.8 Å². The topological polar surface area (TPSA) is 50.7 Å². The van der Waals surface area contributed by atoms with E-state index in [-0.39, 0.29) is 11.8 Å². The van der Waals surface area contributed by atoms with E-state index in [1.165, 1.54) is 16.7 Å². The van der Waals surface area contributed by atoms with Gasteiger partial charge in [0.05, 0.1) is 14.2 Å². The zero-order chi connectivity index (χ0) is 15.3. The van der Waals surface area contributed by atoms with Crippen LogP contribution in [0.15, 0.2) is 24.3 Å². The molecule has 1 atom stereocenters. The Balaban J connectivity index is 2.05. The molecule has 0 unspecified atom stereocenters. The molecule has 2 aromatic carbocycles. The van der Waals surface area contributed by atoms with Crippen LogP contribution in [0.3, 0.4) is 0 Å². The van der Waals surface area contributed by atoms with E-state index in [1.54, 1.807) is 14.2 Å². The van der Waals surface area contributed by atoms with Crippen LogP contribution in [0.4, 0.5) is 0 Å². The first kappa shape index (κ1) is 13.5. The smallest absolute Gasteiger partial charge is 0.166 e. The highest BCUT2D eigenvalue weighted by Crippen LogP contribution is 2.50. The highest BCUT2D eigenvalue weighted by molar-refractivity contribution is 5.83. The molecule has 0 amide bonds. The third kappa shape index (κ3) is 1.80. The molecule has 2 aliphatic rings. The molecule has 0 bridgehead atoms. The van der Waals surface area contributed by atoms with Crippen molar-refractivity contribution >= 4 is 0 Å². The summed E-state index contributed by atoms with van der Waals surface area (Å²) in [5.41, 5.74) is 5.65. The summed E-state index contributed by atoms with van der Waals surface area (Å²) < 4.78 is 10.7. The molecule has 2 N–H and O–H groups in total. The Kier molecular flexibility index (Phi) is 3.01. The molecule has 0 fully saturated rings. The maximum atomic E-state index is 10.7. The average Bonchev–Trinajstić information content (AvgIpc) is 2.56. The quantitative estimate of drug-likeness (QED) is 0.895. The third-order valence-corrected chi connectivity index (χ3v) is 4.75. The van der Waals surface area contributed by atoms with Crippen molar-refractivity contribution < 1.29 is 14.6 Å². The Morgan fingerprint density at radius 1 is 1.14 bits per heavy atom.